The molecule has 1 aromatic carbocycles. The first-order valence-corrected chi connectivity index (χ1v) is 13.4. The van der Waals surface area contributed by atoms with Gasteiger partial charge in [0.15, 0.2) is 0 Å². The van der Waals surface area contributed by atoms with E-state index in [4.69, 9.17) is 13.9 Å². The Bertz CT molecular complexity index is 1540. The van der Waals surface area contributed by atoms with Crippen LogP contribution < -0.4 is 5.69 Å². The van der Waals surface area contributed by atoms with Gasteiger partial charge in [-0.05, 0) is 37.4 Å². The monoisotopic (exact) mass is 573 g/mol. The molecular weight excluding hydrogens is 543 g/mol. The van der Waals surface area contributed by atoms with Gasteiger partial charge in [-0.3, -0.25) is 19.0 Å². The van der Waals surface area contributed by atoms with Crippen LogP contribution in [0.4, 0.5) is 13.2 Å². The number of halogens is 3. The quantitative estimate of drug-likeness (QED) is 0.344. The molecular formula is C27H30F3N7O4. The molecule has 0 radical (unpaired) electrons. The van der Waals surface area contributed by atoms with Gasteiger partial charge in [0, 0.05) is 32.4 Å². The van der Waals surface area contributed by atoms with Crippen molar-refractivity contribution < 1.29 is 27.1 Å². The van der Waals surface area contributed by atoms with Crippen molar-refractivity contribution in [1.29, 1.82) is 0 Å². The number of likely N-dealkylation sites (N-methyl/N-ethyl adjacent to an activating group) is 1. The highest BCUT2D eigenvalue weighted by Gasteiger charge is 2.28. The normalized spacial score (nSPS) is 18.8. The van der Waals surface area contributed by atoms with Crippen LogP contribution in [0.1, 0.15) is 24.1 Å². The van der Waals surface area contributed by atoms with Gasteiger partial charge in [0.25, 0.3) is 5.89 Å². The minimum absolute atomic E-state index is 0.0785. The molecule has 3 saturated heterocycles. The molecule has 3 aromatic heterocycles. The van der Waals surface area contributed by atoms with Crippen LogP contribution >= 0.6 is 0 Å². The van der Waals surface area contributed by atoms with Crippen LogP contribution in [0.3, 0.4) is 0 Å². The maximum atomic E-state index is 13.9. The molecule has 0 bridgehead atoms. The Morgan fingerprint density at radius 2 is 1.68 bits per heavy atom. The summed E-state index contributed by atoms with van der Waals surface area (Å²) in [5, 5.41) is 6.86. The molecule has 7 rings (SSSR count). The number of hydrogen-bond acceptors (Lipinski definition) is 9. The zero-order valence-corrected chi connectivity index (χ0v) is 22.5. The fourth-order valence-corrected chi connectivity index (χ4v) is 5.00. The fourth-order valence-electron chi connectivity index (χ4n) is 5.00. The largest absolute Gasteiger partial charge is 0.415 e. The summed E-state index contributed by atoms with van der Waals surface area (Å²) in [6.07, 6.45) is -1.47. The first-order valence-electron chi connectivity index (χ1n) is 13.4. The number of imidazole rings is 1. The van der Waals surface area contributed by atoms with E-state index in [9.17, 15) is 18.0 Å². The summed E-state index contributed by atoms with van der Waals surface area (Å²) in [5.41, 5.74) is 1.68. The number of benzene rings is 1. The van der Waals surface area contributed by atoms with E-state index in [2.05, 4.69) is 32.0 Å². The molecule has 0 aliphatic carbocycles. The van der Waals surface area contributed by atoms with Crippen molar-refractivity contribution in [3.05, 3.63) is 64.4 Å². The van der Waals surface area contributed by atoms with Crippen LogP contribution in [-0.2, 0) is 16.0 Å². The van der Waals surface area contributed by atoms with E-state index in [0.29, 0.717) is 35.5 Å². The van der Waals surface area contributed by atoms with Crippen molar-refractivity contribution >= 4 is 11.0 Å². The molecule has 41 heavy (non-hydrogen) atoms. The molecule has 3 aliphatic heterocycles. The van der Waals surface area contributed by atoms with Crippen LogP contribution in [0.25, 0.3) is 22.5 Å². The van der Waals surface area contributed by atoms with E-state index >= 15 is 0 Å². The van der Waals surface area contributed by atoms with Gasteiger partial charge in [-0.15, -0.1) is 10.2 Å². The summed E-state index contributed by atoms with van der Waals surface area (Å²) in [6.45, 7) is 7.77. The van der Waals surface area contributed by atoms with Crippen molar-refractivity contribution in [3.8, 4) is 11.5 Å². The van der Waals surface area contributed by atoms with Crippen LogP contribution in [0.15, 0.2) is 45.7 Å². The molecule has 11 nitrogen and oxygen atoms in total. The number of rotatable bonds is 6. The highest BCUT2D eigenvalue weighted by atomic mass is 19.3. The highest BCUT2D eigenvalue weighted by molar-refractivity contribution is 5.76. The van der Waals surface area contributed by atoms with Crippen molar-refractivity contribution in [3.63, 3.8) is 0 Å². The van der Waals surface area contributed by atoms with Crippen molar-refractivity contribution in [2.24, 2.45) is 0 Å². The Labute approximate surface area is 233 Å². The van der Waals surface area contributed by atoms with E-state index in [0.717, 1.165) is 19.3 Å². The number of alkyl halides is 2. The topological polar surface area (TPSA) is 104 Å². The molecule has 6 heterocycles. The lowest BCUT2D eigenvalue weighted by molar-refractivity contribution is -0.0752. The molecule has 0 saturated carbocycles. The third kappa shape index (κ3) is 5.77. The molecule has 218 valence electrons. The zero-order chi connectivity index (χ0) is 28.5. The number of aromatic nitrogens is 5. The smallest absolute Gasteiger partial charge is 0.329 e. The average molecular weight is 574 g/mol. The number of hydrogen-bond donors (Lipinski definition) is 0. The Kier molecular flexibility index (Phi) is 7.88. The van der Waals surface area contributed by atoms with Gasteiger partial charge in [0.2, 0.25) is 5.89 Å². The van der Waals surface area contributed by atoms with Crippen LogP contribution in [0.5, 0.6) is 0 Å². The molecule has 0 atom stereocenters. The SMILES string of the molecule is CN1CCN(C2COC2)CC1.O=c1n(Cc2ccc(-c3nnc(C(F)F)o3)cn2)c2cc(F)ccc2n1C1COC1. The first kappa shape index (κ1) is 27.6. The maximum Gasteiger partial charge on any atom is 0.329 e. The van der Waals surface area contributed by atoms with E-state index in [-0.39, 0.29) is 24.2 Å². The predicted molar refractivity (Wildman–Crippen MR) is 141 cm³/mol. The second kappa shape index (κ2) is 11.7. The summed E-state index contributed by atoms with van der Waals surface area (Å²) in [6, 6.07) is 8.04. The van der Waals surface area contributed by atoms with E-state index in [1.165, 1.54) is 49.1 Å². The van der Waals surface area contributed by atoms with Crippen LogP contribution in [-0.4, -0.2) is 99.8 Å². The van der Waals surface area contributed by atoms with Crippen molar-refractivity contribution in [2.45, 2.75) is 25.1 Å². The summed E-state index contributed by atoms with van der Waals surface area (Å²) < 4.78 is 57.4. The molecule has 3 fully saturated rings. The molecule has 3 aliphatic rings. The second-order valence-electron chi connectivity index (χ2n) is 10.4. The summed E-state index contributed by atoms with van der Waals surface area (Å²) in [7, 11) is 2.19. The van der Waals surface area contributed by atoms with Gasteiger partial charge in [0.1, 0.15) is 5.82 Å². The number of pyridine rings is 1. The number of ether oxygens (including phenoxy) is 2. The van der Waals surface area contributed by atoms with Gasteiger partial charge >= 0.3 is 12.1 Å². The minimum atomic E-state index is -2.86. The second-order valence-corrected chi connectivity index (χ2v) is 10.4. The molecule has 0 unspecified atom stereocenters. The van der Waals surface area contributed by atoms with Crippen LogP contribution in [0.2, 0.25) is 0 Å². The Morgan fingerprint density at radius 1 is 0.951 bits per heavy atom. The van der Waals surface area contributed by atoms with Gasteiger partial charge in [-0.1, -0.05) is 0 Å². The number of nitrogens with zero attached hydrogens (tertiary/aromatic N) is 7. The van der Waals surface area contributed by atoms with E-state index in [1.54, 1.807) is 22.8 Å². The predicted octanol–water partition coefficient (Wildman–Crippen LogP) is 2.58. The number of fused-ring (bicyclic) bond motifs is 1. The Balaban J connectivity index is 0.000000229. The molecule has 14 heteroatoms. The minimum Gasteiger partial charge on any atom is -0.415 e. The lowest BCUT2D eigenvalue weighted by Crippen LogP contribution is -2.55. The highest BCUT2D eigenvalue weighted by Crippen LogP contribution is 2.25. The third-order valence-electron chi connectivity index (χ3n) is 7.60. The third-order valence-corrected chi connectivity index (χ3v) is 7.60. The zero-order valence-electron chi connectivity index (χ0n) is 22.5. The van der Waals surface area contributed by atoms with Gasteiger partial charge in [-0.25, -0.2) is 9.18 Å². The lowest BCUT2D eigenvalue weighted by atomic mass is 10.2. The van der Waals surface area contributed by atoms with Crippen molar-refractivity contribution in [2.75, 3.05) is 59.7 Å². The molecule has 0 N–H and O–H groups in total. The summed E-state index contributed by atoms with van der Waals surface area (Å²) >= 11 is 0. The van der Waals surface area contributed by atoms with Gasteiger partial charge in [-0.2, -0.15) is 8.78 Å². The van der Waals surface area contributed by atoms with Gasteiger partial charge < -0.3 is 18.8 Å². The maximum absolute atomic E-state index is 13.9. The molecule has 0 spiro atoms. The summed E-state index contributed by atoms with van der Waals surface area (Å²) in [4.78, 5) is 22.2. The van der Waals surface area contributed by atoms with E-state index < -0.39 is 18.1 Å². The number of piperazine rings is 1. The Morgan fingerprint density at radius 3 is 2.27 bits per heavy atom. The van der Waals surface area contributed by atoms with Crippen molar-refractivity contribution in [1.82, 2.24) is 34.1 Å². The standard InChI is InChI=1S/C19H14F3N5O3.C8H16N2O/c20-11-2-4-14-15(5-11)26(19(28)27(14)13-8-29-9-13)7-12-3-1-10(6-23-12)17-24-25-18(30-17)16(21)22;1-9-2-4-10(5-3-9)8-6-11-7-8/h1-6,13,16H,7-9H2;8H,2-7H2,1H3. The first-order chi connectivity index (χ1) is 19.9. The average Bonchev–Trinajstić information content (AvgIpc) is 3.49. The Hall–Kier alpha value is -3.59. The fraction of sp³-hybridized carbons (Fsp3) is 0.481. The van der Waals surface area contributed by atoms with Gasteiger partial charge in [0.05, 0.1) is 67.3 Å². The lowest BCUT2D eigenvalue weighted by Gasteiger charge is -2.41. The molecule has 0 amide bonds. The van der Waals surface area contributed by atoms with Crippen LogP contribution in [0, 0.1) is 5.82 Å². The van der Waals surface area contributed by atoms with E-state index in [1.807, 2.05) is 0 Å². The summed E-state index contributed by atoms with van der Waals surface area (Å²) in [5.74, 6) is -1.30. The molecule has 4 aromatic rings.